The maximum Gasteiger partial charge on any atom is 0.162 e. The van der Waals surface area contributed by atoms with Gasteiger partial charge in [-0.15, -0.1) is 0 Å². The molecule has 2 aliphatic rings. The number of methoxy groups -OCH3 is 1. The van der Waals surface area contributed by atoms with Gasteiger partial charge in [-0.05, 0) is 49.1 Å². The second-order valence-corrected chi connectivity index (χ2v) is 5.66. The largest absolute Gasteiger partial charge is 0.493 e. The standard InChI is InChI=1S/C15H21NO2/c1-17-15-8-13(16)4-5-14(15)18-9-12-7-10-2-3-11(12)6-10/h4-5,8,10-12H,2-3,6-7,9,16H2,1H3. The average Bonchev–Trinajstić information content (AvgIpc) is 2.99. The number of anilines is 1. The number of benzene rings is 1. The molecule has 3 unspecified atom stereocenters. The van der Waals surface area contributed by atoms with Gasteiger partial charge in [-0.25, -0.2) is 0 Å². The molecule has 0 heterocycles. The molecule has 0 amide bonds. The second kappa shape index (κ2) is 4.71. The van der Waals surface area contributed by atoms with Gasteiger partial charge in [0.05, 0.1) is 13.7 Å². The van der Waals surface area contributed by atoms with Crippen LogP contribution in [0.4, 0.5) is 5.69 Å². The first-order chi connectivity index (χ1) is 8.76. The number of rotatable bonds is 4. The topological polar surface area (TPSA) is 44.5 Å². The zero-order chi connectivity index (χ0) is 12.5. The van der Waals surface area contributed by atoms with Crippen LogP contribution in [0.15, 0.2) is 18.2 Å². The van der Waals surface area contributed by atoms with E-state index in [1.165, 1.54) is 25.7 Å². The van der Waals surface area contributed by atoms with Gasteiger partial charge >= 0.3 is 0 Å². The van der Waals surface area contributed by atoms with Crippen LogP contribution in [0.25, 0.3) is 0 Å². The lowest BCUT2D eigenvalue weighted by molar-refractivity contribution is 0.190. The van der Waals surface area contributed by atoms with Gasteiger partial charge in [-0.3, -0.25) is 0 Å². The van der Waals surface area contributed by atoms with Gasteiger partial charge < -0.3 is 15.2 Å². The molecule has 3 nitrogen and oxygen atoms in total. The van der Waals surface area contributed by atoms with Crippen LogP contribution in [-0.2, 0) is 0 Å². The fraction of sp³-hybridized carbons (Fsp3) is 0.600. The van der Waals surface area contributed by atoms with Gasteiger partial charge in [-0.1, -0.05) is 6.42 Å². The smallest absolute Gasteiger partial charge is 0.162 e. The highest BCUT2D eigenvalue weighted by Crippen LogP contribution is 2.48. The van der Waals surface area contributed by atoms with Crippen molar-refractivity contribution in [3.63, 3.8) is 0 Å². The maximum atomic E-state index is 5.94. The van der Waals surface area contributed by atoms with Gasteiger partial charge in [0.2, 0.25) is 0 Å². The van der Waals surface area contributed by atoms with Crippen molar-refractivity contribution in [1.29, 1.82) is 0 Å². The van der Waals surface area contributed by atoms with Crippen molar-refractivity contribution < 1.29 is 9.47 Å². The Kier molecular flexibility index (Phi) is 3.06. The van der Waals surface area contributed by atoms with Crippen molar-refractivity contribution in [3.05, 3.63) is 18.2 Å². The Morgan fingerprint density at radius 3 is 2.78 bits per heavy atom. The quantitative estimate of drug-likeness (QED) is 0.831. The first-order valence-electron chi connectivity index (χ1n) is 6.82. The van der Waals surface area contributed by atoms with Gasteiger partial charge in [-0.2, -0.15) is 0 Å². The van der Waals surface area contributed by atoms with E-state index in [0.29, 0.717) is 5.69 Å². The fourth-order valence-corrected chi connectivity index (χ4v) is 3.58. The van der Waals surface area contributed by atoms with E-state index in [4.69, 9.17) is 15.2 Å². The third-order valence-corrected chi connectivity index (χ3v) is 4.53. The van der Waals surface area contributed by atoms with Crippen LogP contribution in [0.5, 0.6) is 11.5 Å². The van der Waals surface area contributed by atoms with Crippen molar-refractivity contribution in [2.45, 2.75) is 25.7 Å². The molecular weight excluding hydrogens is 226 g/mol. The molecule has 98 valence electrons. The van der Waals surface area contributed by atoms with E-state index in [1.807, 2.05) is 18.2 Å². The Labute approximate surface area is 108 Å². The molecule has 2 N–H and O–H groups in total. The number of nitrogens with two attached hydrogens (primary N) is 1. The van der Waals surface area contributed by atoms with Crippen molar-refractivity contribution in [2.24, 2.45) is 17.8 Å². The average molecular weight is 247 g/mol. The molecule has 2 saturated carbocycles. The van der Waals surface area contributed by atoms with Crippen LogP contribution in [0.2, 0.25) is 0 Å². The molecule has 2 bridgehead atoms. The number of hydrogen-bond acceptors (Lipinski definition) is 3. The summed E-state index contributed by atoms with van der Waals surface area (Å²) in [5.74, 6) is 4.16. The monoisotopic (exact) mass is 247 g/mol. The minimum absolute atomic E-state index is 0.708. The molecule has 3 atom stereocenters. The normalized spacial score (nSPS) is 29.5. The third-order valence-electron chi connectivity index (χ3n) is 4.53. The molecule has 2 aliphatic carbocycles. The molecule has 0 radical (unpaired) electrons. The van der Waals surface area contributed by atoms with Crippen LogP contribution in [-0.4, -0.2) is 13.7 Å². The summed E-state index contributed by atoms with van der Waals surface area (Å²) in [5.41, 5.74) is 6.44. The summed E-state index contributed by atoms with van der Waals surface area (Å²) >= 11 is 0. The Morgan fingerprint density at radius 2 is 2.11 bits per heavy atom. The number of nitrogen functional groups attached to an aromatic ring is 1. The Morgan fingerprint density at radius 1 is 1.22 bits per heavy atom. The lowest BCUT2D eigenvalue weighted by Gasteiger charge is -2.22. The molecule has 3 rings (SSSR count). The van der Waals surface area contributed by atoms with E-state index in [-0.39, 0.29) is 0 Å². The predicted molar refractivity (Wildman–Crippen MR) is 71.8 cm³/mol. The van der Waals surface area contributed by atoms with Gasteiger partial charge in [0.1, 0.15) is 0 Å². The van der Waals surface area contributed by atoms with Crippen LogP contribution in [0.3, 0.4) is 0 Å². The van der Waals surface area contributed by atoms with E-state index < -0.39 is 0 Å². The van der Waals surface area contributed by atoms with E-state index in [9.17, 15) is 0 Å². The van der Waals surface area contributed by atoms with Crippen molar-refractivity contribution in [2.75, 3.05) is 19.5 Å². The van der Waals surface area contributed by atoms with Gasteiger partial charge in [0.15, 0.2) is 11.5 Å². The minimum atomic E-state index is 0.708. The molecule has 18 heavy (non-hydrogen) atoms. The highest BCUT2D eigenvalue weighted by atomic mass is 16.5. The molecule has 1 aromatic rings. The van der Waals surface area contributed by atoms with E-state index >= 15 is 0 Å². The van der Waals surface area contributed by atoms with E-state index in [0.717, 1.165) is 35.9 Å². The molecule has 0 saturated heterocycles. The van der Waals surface area contributed by atoms with Crippen molar-refractivity contribution >= 4 is 5.69 Å². The lowest BCUT2D eigenvalue weighted by atomic mass is 9.89. The van der Waals surface area contributed by atoms with Crippen LogP contribution in [0.1, 0.15) is 25.7 Å². The summed E-state index contributed by atoms with van der Waals surface area (Å²) in [7, 11) is 1.65. The summed E-state index contributed by atoms with van der Waals surface area (Å²) in [6.45, 7) is 0.821. The van der Waals surface area contributed by atoms with Gasteiger partial charge in [0, 0.05) is 11.8 Å². The summed E-state index contributed by atoms with van der Waals surface area (Å²) in [5, 5.41) is 0. The number of fused-ring (bicyclic) bond motifs is 2. The molecule has 2 fully saturated rings. The molecule has 0 aliphatic heterocycles. The molecule has 0 aromatic heterocycles. The fourth-order valence-electron chi connectivity index (χ4n) is 3.58. The van der Waals surface area contributed by atoms with Crippen LogP contribution in [0, 0.1) is 17.8 Å². The first-order valence-corrected chi connectivity index (χ1v) is 6.82. The Balaban J connectivity index is 1.63. The summed E-state index contributed by atoms with van der Waals surface area (Å²) in [6.07, 6.45) is 5.61. The van der Waals surface area contributed by atoms with Crippen molar-refractivity contribution in [1.82, 2.24) is 0 Å². The Hall–Kier alpha value is -1.38. The zero-order valence-corrected chi connectivity index (χ0v) is 10.9. The molecule has 0 spiro atoms. The van der Waals surface area contributed by atoms with E-state index in [2.05, 4.69) is 0 Å². The lowest BCUT2D eigenvalue weighted by Crippen LogP contribution is -2.18. The highest BCUT2D eigenvalue weighted by molar-refractivity contribution is 5.51. The maximum absolute atomic E-state index is 5.94. The van der Waals surface area contributed by atoms with E-state index in [1.54, 1.807) is 7.11 Å². The third kappa shape index (κ3) is 2.14. The zero-order valence-electron chi connectivity index (χ0n) is 10.9. The number of ether oxygens (including phenoxy) is 2. The minimum Gasteiger partial charge on any atom is -0.493 e. The molecule has 1 aromatic carbocycles. The number of hydrogen-bond donors (Lipinski definition) is 1. The summed E-state index contributed by atoms with van der Waals surface area (Å²) in [6, 6.07) is 5.58. The predicted octanol–water partition coefficient (Wildman–Crippen LogP) is 3.09. The second-order valence-electron chi connectivity index (χ2n) is 5.66. The summed E-state index contributed by atoms with van der Waals surface area (Å²) in [4.78, 5) is 0. The Bertz CT molecular complexity index is 433. The summed E-state index contributed by atoms with van der Waals surface area (Å²) < 4.78 is 11.2. The molecular formula is C15H21NO2. The highest BCUT2D eigenvalue weighted by Gasteiger charge is 2.39. The van der Waals surface area contributed by atoms with Gasteiger partial charge in [0.25, 0.3) is 0 Å². The SMILES string of the molecule is COc1cc(N)ccc1OCC1CC2CCC1C2. The first kappa shape index (κ1) is 11.7. The van der Waals surface area contributed by atoms with Crippen LogP contribution < -0.4 is 15.2 Å². The van der Waals surface area contributed by atoms with Crippen molar-refractivity contribution in [3.8, 4) is 11.5 Å². The van der Waals surface area contributed by atoms with Crippen LogP contribution >= 0.6 is 0 Å². The molecule has 3 heteroatoms.